The number of morpholine rings is 1. The van der Waals surface area contributed by atoms with Gasteiger partial charge in [-0.15, -0.1) is 11.3 Å². The highest BCUT2D eigenvalue weighted by atomic mass is 32.1. The summed E-state index contributed by atoms with van der Waals surface area (Å²) in [4.78, 5) is 27.4. The molecule has 0 radical (unpaired) electrons. The van der Waals surface area contributed by atoms with Gasteiger partial charge in [-0.05, 0) is 35.7 Å². The number of anilines is 1. The van der Waals surface area contributed by atoms with E-state index in [1.54, 1.807) is 47.6 Å². The Hall–Kier alpha value is -2.38. The number of ether oxygens (including phenoxy) is 2. The maximum absolute atomic E-state index is 12.6. The van der Waals surface area contributed by atoms with E-state index in [1.165, 1.54) is 0 Å². The van der Waals surface area contributed by atoms with Crippen LogP contribution in [0.25, 0.3) is 0 Å². The number of amides is 2. The first kappa shape index (κ1) is 16.5. The van der Waals surface area contributed by atoms with E-state index < -0.39 is 6.04 Å². The number of thiophene rings is 1. The van der Waals surface area contributed by atoms with E-state index in [1.807, 2.05) is 17.5 Å². The number of carbonyl (C=O) groups excluding carboxylic acids is 2. The number of benzene rings is 1. The van der Waals surface area contributed by atoms with Gasteiger partial charge in [0.2, 0.25) is 11.8 Å². The molecular formula is C17H18N2O4S. The highest BCUT2D eigenvalue weighted by Gasteiger charge is 2.34. The minimum atomic E-state index is -0.643. The number of methoxy groups -OCH3 is 1. The van der Waals surface area contributed by atoms with Crippen molar-refractivity contribution in [2.75, 3.05) is 25.6 Å². The van der Waals surface area contributed by atoms with Gasteiger partial charge in [-0.2, -0.15) is 0 Å². The van der Waals surface area contributed by atoms with Gasteiger partial charge in [-0.3, -0.25) is 9.59 Å². The number of hydrogen-bond donors (Lipinski definition) is 1. The SMILES string of the molecule is COc1ccc(NC(=O)[C@@H]2COCC(=O)N2Cc2cccs2)cc1. The topological polar surface area (TPSA) is 67.9 Å². The van der Waals surface area contributed by atoms with Gasteiger partial charge in [-0.25, -0.2) is 0 Å². The largest absolute Gasteiger partial charge is 0.497 e. The van der Waals surface area contributed by atoms with Crippen LogP contribution in [0.3, 0.4) is 0 Å². The Bertz CT molecular complexity index is 700. The number of nitrogens with zero attached hydrogens (tertiary/aromatic N) is 1. The van der Waals surface area contributed by atoms with Gasteiger partial charge in [0, 0.05) is 10.6 Å². The van der Waals surface area contributed by atoms with E-state index in [0.29, 0.717) is 18.0 Å². The zero-order chi connectivity index (χ0) is 16.9. The third-order valence-corrected chi connectivity index (χ3v) is 4.63. The second kappa shape index (κ2) is 7.46. The molecule has 0 saturated carbocycles. The van der Waals surface area contributed by atoms with Gasteiger partial charge < -0.3 is 19.7 Å². The van der Waals surface area contributed by atoms with Crippen LogP contribution in [0.15, 0.2) is 41.8 Å². The second-order valence-electron chi connectivity index (χ2n) is 5.35. The van der Waals surface area contributed by atoms with Crippen molar-refractivity contribution < 1.29 is 19.1 Å². The average molecular weight is 346 g/mol. The molecule has 0 bridgehead atoms. The Balaban J connectivity index is 1.71. The van der Waals surface area contributed by atoms with Gasteiger partial charge in [0.1, 0.15) is 18.4 Å². The lowest BCUT2D eigenvalue weighted by Gasteiger charge is -2.34. The summed E-state index contributed by atoms with van der Waals surface area (Å²) in [6.45, 7) is 0.622. The normalized spacial score (nSPS) is 17.6. The Kier molecular flexibility index (Phi) is 5.12. The zero-order valence-corrected chi connectivity index (χ0v) is 14.0. The van der Waals surface area contributed by atoms with Crippen LogP contribution in [-0.4, -0.2) is 43.1 Å². The van der Waals surface area contributed by atoms with Crippen molar-refractivity contribution in [2.45, 2.75) is 12.6 Å². The first-order valence-electron chi connectivity index (χ1n) is 7.52. The summed E-state index contributed by atoms with van der Waals surface area (Å²) in [6.07, 6.45) is 0. The standard InChI is InChI=1S/C17H18N2O4S/c1-22-13-6-4-12(5-7-13)18-17(21)15-10-23-11-16(20)19(15)9-14-3-2-8-24-14/h2-8,15H,9-11H2,1H3,(H,18,21)/t15-/m0/s1. The summed E-state index contributed by atoms with van der Waals surface area (Å²) in [5.74, 6) is 0.276. The van der Waals surface area contributed by atoms with Crippen molar-refractivity contribution in [3.05, 3.63) is 46.7 Å². The Morgan fingerprint density at radius 3 is 2.83 bits per heavy atom. The minimum Gasteiger partial charge on any atom is -0.497 e. The summed E-state index contributed by atoms with van der Waals surface area (Å²) in [6, 6.07) is 10.3. The van der Waals surface area contributed by atoms with Crippen molar-refractivity contribution in [2.24, 2.45) is 0 Å². The lowest BCUT2D eigenvalue weighted by Crippen LogP contribution is -2.54. The smallest absolute Gasteiger partial charge is 0.249 e. The van der Waals surface area contributed by atoms with Crippen LogP contribution in [-0.2, 0) is 20.9 Å². The molecule has 0 spiro atoms. The first-order valence-corrected chi connectivity index (χ1v) is 8.40. The fourth-order valence-corrected chi connectivity index (χ4v) is 3.19. The Morgan fingerprint density at radius 1 is 1.38 bits per heavy atom. The summed E-state index contributed by atoms with van der Waals surface area (Å²) < 4.78 is 10.4. The number of nitrogens with one attached hydrogen (secondary N) is 1. The van der Waals surface area contributed by atoms with E-state index >= 15 is 0 Å². The first-order chi connectivity index (χ1) is 11.7. The predicted octanol–water partition coefficient (Wildman–Crippen LogP) is 2.12. The van der Waals surface area contributed by atoms with Gasteiger partial charge in [-0.1, -0.05) is 6.07 Å². The van der Waals surface area contributed by atoms with Crippen molar-refractivity contribution in [1.29, 1.82) is 0 Å². The molecule has 1 aliphatic heterocycles. The molecule has 1 aromatic heterocycles. The fraction of sp³-hybridized carbons (Fsp3) is 0.294. The molecule has 126 valence electrons. The minimum absolute atomic E-state index is 0.0116. The van der Waals surface area contributed by atoms with Crippen molar-refractivity contribution >= 4 is 28.8 Å². The van der Waals surface area contributed by atoms with Gasteiger partial charge in [0.15, 0.2) is 0 Å². The third kappa shape index (κ3) is 3.74. The molecule has 2 aromatic rings. The van der Waals surface area contributed by atoms with Crippen molar-refractivity contribution in [1.82, 2.24) is 4.90 Å². The Labute approximate surface area is 144 Å². The van der Waals surface area contributed by atoms with E-state index in [9.17, 15) is 9.59 Å². The molecule has 2 amide bonds. The van der Waals surface area contributed by atoms with E-state index in [-0.39, 0.29) is 25.0 Å². The summed E-state index contributed by atoms with van der Waals surface area (Å²) in [7, 11) is 1.58. The fourth-order valence-electron chi connectivity index (χ4n) is 2.49. The van der Waals surface area contributed by atoms with Gasteiger partial charge >= 0.3 is 0 Å². The van der Waals surface area contributed by atoms with E-state index in [4.69, 9.17) is 9.47 Å². The van der Waals surface area contributed by atoms with E-state index in [2.05, 4.69) is 5.32 Å². The van der Waals surface area contributed by atoms with Crippen LogP contribution in [0, 0.1) is 0 Å². The molecule has 1 saturated heterocycles. The number of rotatable bonds is 5. The number of hydrogen-bond acceptors (Lipinski definition) is 5. The lowest BCUT2D eigenvalue weighted by atomic mass is 10.2. The van der Waals surface area contributed by atoms with Crippen LogP contribution >= 0.6 is 11.3 Å². The zero-order valence-electron chi connectivity index (χ0n) is 13.2. The molecule has 1 aliphatic rings. The molecular weight excluding hydrogens is 328 g/mol. The molecule has 7 heteroatoms. The molecule has 0 unspecified atom stereocenters. The lowest BCUT2D eigenvalue weighted by molar-refractivity contribution is -0.153. The van der Waals surface area contributed by atoms with Crippen LogP contribution < -0.4 is 10.1 Å². The van der Waals surface area contributed by atoms with Crippen molar-refractivity contribution in [3.63, 3.8) is 0 Å². The summed E-state index contributed by atoms with van der Waals surface area (Å²) >= 11 is 1.56. The molecule has 6 nitrogen and oxygen atoms in total. The van der Waals surface area contributed by atoms with Crippen LogP contribution in [0.5, 0.6) is 5.75 Å². The van der Waals surface area contributed by atoms with E-state index in [0.717, 1.165) is 4.88 Å². The van der Waals surface area contributed by atoms with Gasteiger partial charge in [0.05, 0.1) is 20.3 Å². The van der Waals surface area contributed by atoms with Gasteiger partial charge in [0.25, 0.3) is 0 Å². The van der Waals surface area contributed by atoms with Crippen molar-refractivity contribution in [3.8, 4) is 5.75 Å². The maximum Gasteiger partial charge on any atom is 0.249 e. The molecule has 24 heavy (non-hydrogen) atoms. The molecule has 3 rings (SSSR count). The van der Waals surface area contributed by atoms with Crippen LogP contribution in [0.2, 0.25) is 0 Å². The average Bonchev–Trinajstić information content (AvgIpc) is 3.10. The third-order valence-electron chi connectivity index (χ3n) is 3.76. The molecule has 1 atom stereocenters. The molecule has 1 N–H and O–H groups in total. The quantitative estimate of drug-likeness (QED) is 0.900. The second-order valence-corrected chi connectivity index (χ2v) is 6.38. The highest BCUT2D eigenvalue weighted by Crippen LogP contribution is 2.19. The molecule has 1 fully saturated rings. The maximum atomic E-state index is 12.6. The number of carbonyl (C=O) groups is 2. The Morgan fingerprint density at radius 2 is 2.17 bits per heavy atom. The molecule has 1 aromatic carbocycles. The molecule has 2 heterocycles. The monoisotopic (exact) mass is 346 g/mol. The highest BCUT2D eigenvalue weighted by molar-refractivity contribution is 7.09. The predicted molar refractivity (Wildman–Crippen MR) is 91.1 cm³/mol. The summed E-state index contributed by atoms with van der Waals surface area (Å²) in [5.41, 5.74) is 0.648. The summed E-state index contributed by atoms with van der Waals surface area (Å²) in [5, 5.41) is 4.78. The molecule has 0 aliphatic carbocycles. The van der Waals surface area contributed by atoms with Crippen LogP contribution in [0.4, 0.5) is 5.69 Å². The van der Waals surface area contributed by atoms with Crippen LogP contribution in [0.1, 0.15) is 4.88 Å².